The minimum atomic E-state index is 0.0893. The molecule has 8 heteroatoms. The molecule has 2 aliphatic rings. The first-order valence-corrected chi connectivity index (χ1v) is 10.4. The summed E-state index contributed by atoms with van der Waals surface area (Å²) >= 11 is 0. The van der Waals surface area contributed by atoms with E-state index in [0.717, 1.165) is 48.5 Å². The van der Waals surface area contributed by atoms with Crippen LogP contribution in [0.3, 0.4) is 0 Å². The van der Waals surface area contributed by atoms with Gasteiger partial charge in [0.1, 0.15) is 5.82 Å². The average molecular weight is 396 g/mol. The number of hydrogen-bond acceptors (Lipinski definition) is 5. The SMILES string of the molecule is CC(=O)N1CCc2nc([C@H]3CCCN(C(=O)CCn4cc(C)cn4)C3)ncc2C1. The lowest BCUT2D eigenvalue weighted by Crippen LogP contribution is -2.40. The first-order valence-electron chi connectivity index (χ1n) is 10.4. The second-order valence-corrected chi connectivity index (χ2v) is 8.10. The second-order valence-electron chi connectivity index (χ2n) is 8.10. The molecule has 2 aromatic rings. The summed E-state index contributed by atoms with van der Waals surface area (Å²) in [5.74, 6) is 1.26. The van der Waals surface area contributed by atoms with E-state index in [0.29, 0.717) is 32.6 Å². The van der Waals surface area contributed by atoms with Gasteiger partial charge in [-0.25, -0.2) is 9.97 Å². The molecule has 0 aromatic carbocycles. The molecule has 8 nitrogen and oxygen atoms in total. The molecular formula is C21H28N6O2. The van der Waals surface area contributed by atoms with Gasteiger partial charge < -0.3 is 9.80 Å². The third-order valence-electron chi connectivity index (χ3n) is 5.85. The summed E-state index contributed by atoms with van der Waals surface area (Å²) in [6, 6.07) is 0. The Labute approximate surface area is 170 Å². The monoisotopic (exact) mass is 396 g/mol. The van der Waals surface area contributed by atoms with Gasteiger partial charge in [0.15, 0.2) is 0 Å². The number of carbonyl (C=O) groups excluding carboxylic acids is 2. The van der Waals surface area contributed by atoms with Crippen LogP contribution in [0.2, 0.25) is 0 Å². The maximum absolute atomic E-state index is 12.7. The van der Waals surface area contributed by atoms with Crippen LogP contribution in [0, 0.1) is 6.92 Å². The van der Waals surface area contributed by atoms with Gasteiger partial charge in [0.05, 0.1) is 11.9 Å². The zero-order valence-corrected chi connectivity index (χ0v) is 17.2. The molecule has 4 rings (SSSR count). The Bertz CT molecular complexity index is 908. The summed E-state index contributed by atoms with van der Waals surface area (Å²) < 4.78 is 1.82. The summed E-state index contributed by atoms with van der Waals surface area (Å²) in [7, 11) is 0. The van der Waals surface area contributed by atoms with Gasteiger partial charge in [-0.15, -0.1) is 0 Å². The summed E-state index contributed by atoms with van der Waals surface area (Å²) in [4.78, 5) is 37.5. The zero-order valence-electron chi connectivity index (χ0n) is 17.2. The van der Waals surface area contributed by atoms with Crippen molar-refractivity contribution in [3.8, 4) is 0 Å². The van der Waals surface area contributed by atoms with E-state index in [1.165, 1.54) is 0 Å². The molecule has 2 aromatic heterocycles. The fourth-order valence-electron chi connectivity index (χ4n) is 4.17. The van der Waals surface area contributed by atoms with Crippen molar-refractivity contribution < 1.29 is 9.59 Å². The van der Waals surface area contributed by atoms with E-state index >= 15 is 0 Å². The highest BCUT2D eigenvalue weighted by molar-refractivity contribution is 5.76. The quantitative estimate of drug-likeness (QED) is 0.785. The minimum absolute atomic E-state index is 0.0893. The molecule has 0 aliphatic carbocycles. The third-order valence-corrected chi connectivity index (χ3v) is 5.85. The fourth-order valence-corrected chi connectivity index (χ4v) is 4.17. The molecule has 0 bridgehead atoms. The molecule has 1 fully saturated rings. The van der Waals surface area contributed by atoms with Gasteiger partial charge >= 0.3 is 0 Å². The molecule has 29 heavy (non-hydrogen) atoms. The highest BCUT2D eigenvalue weighted by Gasteiger charge is 2.28. The number of aromatic nitrogens is 4. The lowest BCUT2D eigenvalue weighted by molar-refractivity contribution is -0.132. The molecular weight excluding hydrogens is 368 g/mol. The molecule has 0 N–H and O–H groups in total. The van der Waals surface area contributed by atoms with Crippen LogP contribution in [0.15, 0.2) is 18.6 Å². The standard InChI is InChI=1S/C21H28N6O2/c1-15-10-23-27(12-15)9-6-20(29)26-7-3-4-17(13-26)21-22-11-18-14-25(16(2)28)8-5-19(18)24-21/h10-12,17H,3-9,13-14H2,1-2H3/t17-/m0/s1. The van der Waals surface area contributed by atoms with Crippen molar-refractivity contribution in [1.29, 1.82) is 0 Å². The number of likely N-dealkylation sites (tertiary alicyclic amines) is 1. The van der Waals surface area contributed by atoms with Gasteiger partial charge in [0, 0.05) is 76.4 Å². The number of nitrogens with zero attached hydrogens (tertiary/aromatic N) is 6. The Hall–Kier alpha value is -2.77. The lowest BCUT2D eigenvalue weighted by atomic mass is 9.96. The molecule has 2 aliphatic heterocycles. The van der Waals surface area contributed by atoms with E-state index in [4.69, 9.17) is 4.98 Å². The van der Waals surface area contributed by atoms with E-state index in [9.17, 15) is 9.59 Å². The third kappa shape index (κ3) is 4.46. The average Bonchev–Trinajstić information content (AvgIpc) is 3.16. The van der Waals surface area contributed by atoms with Gasteiger partial charge in [-0.2, -0.15) is 5.10 Å². The van der Waals surface area contributed by atoms with Crippen LogP contribution in [0.1, 0.15) is 54.7 Å². The summed E-state index contributed by atoms with van der Waals surface area (Å²) in [6.45, 7) is 6.98. The number of amides is 2. The van der Waals surface area contributed by atoms with Crippen molar-refractivity contribution in [2.24, 2.45) is 0 Å². The first-order chi connectivity index (χ1) is 14.0. The number of fused-ring (bicyclic) bond motifs is 1. The minimum Gasteiger partial charge on any atom is -0.342 e. The highest BCUT2D eigenvalue weighted by atomic mass is 16.2. The van der Waals surface area contributed by atoms with Gasteiger partial charge in [-0.05, 0) is 25.3 Å². The highest BCUT2D eigenvalue weighted by Crippen LogP contribution is 2.26. The van der Waals surface area contributed by atoms with Crippen LogP contribution in [-0.4, -0.2) is 61.0 Å². The van der Waals surface area contributed by atoms with Gasteiger partial charge in [0.2, 0.25) is 11.8 Å². The Morgan fingerprint density at radius 2 is 2.07 bits per heavy atom. The number of hydrogen-bond donors (Lipinski definition) is 0. The maximum Gasteiger partial charge on any atom is 0.224 e. The van der Waals surface area contributed by atoms with Crippen molar-refractivity contribution in [1.82, 2.24) is 29.5 Å². The smallest absolute Gasteiger partial charge is 0.224 e. The first kappa shape index (κ1) is 19.5. The molecule has 0 spiro atoms. The Morgan fingerprint density at radius 3 is 2.83 bits per heavy atom. The Kier molecular flexibility index (Phi) is 5.60. The van der Waals surface area contributed by atoms with E-state index in [-0.39, 0.29) is 17.7 Å². The molecule has 0 saturated carbocycles. The zero-order chi connectivity index (χ0) is 20.4. The van der Waals surface area contributed by atoms with Gasteiger partial charge in [0.25, 0.3) is 0 Å². The molecule has 4 heterocycles. The number of piperidine rings is 1. The molecule has 2 amide bonds. The maximum atomic E-state index is 12.7. The Balaban J connectivity index is 1.38. The number of rotatable bonds is 4. The lowest BCUT2D eigenvalue weighted by Gasteiger charge is -2.33. The summed E-state index contributed by atoms with van der Waals surface area (Å²) in [6.07, 6.45) is 8.83. The van der Waals surface area contributed by atoms with E-state index in [1.54, 1.807) is 6.92 Å². The van der Waals surface area contributed by atoms with Crippen LogP contribution >= 0.6 is 0 Å². The topological polar surface area (TPSA) is 84.2 Å². The normalized spacial score (nSPS) is 19.2. The van der Waals surface area contributed by atoms with E-state index < -0.39 is 0 Å². The molecule has 154 valence electrons. The summed E-state index contributed by atoms with van der Waals surface area (Å²) in [5, 5.41) is 4.25. The van der Waals surface area contributed by atoms with Crippen molar-refractivity contribution in [3.63, 3.8) is 0 Å². The second kappa shape index (κ2) is 8.31. The number of carbonyl (C=O) groups is 2. The fraction of sp³-hybridized carbons (Fsp3) is 0.571. The van der Waals surface area contributed by atoms with Crippen molar-refractivity contribution in [2.75, 3.05) is 19.6 Å². The number of aryl methyl sites for hydroxylation is 2. The van der Waals surface area contributed by atoms with E-state index in [2.05, 4.69) is 10.1 Å². The summed E-state index contributed by atoms with van der Waals surface area (Å²) in [5.41, 5.74) is 3.19. The molecule has 1 atom stereocenters. The van der Waals surface area contributed by atoms with Crippen LogP contribution in [0.5, 0.6) is 0 Å². The van der Waals surface area contributed by atoms with Gasteiger partial charge in [-0.3, -0.25) is 14.3 Å². The molecule has 0 unspecified atom stereocenters. The Morgan fingerprint density at radius 1 is 1.21 bits per heavy atom. The van der Waals surface area contributed by atoms with Crippen LogP contribution in [0.4, 0.5) is 0 Å². The van der Waals surface area contributed by atoms with Crippen LogP contribution in [0.25, 0.3) is 0 Å². The molecule has 0 radical (unpaired) electrons. The van der Waals surface area contributed by atoms with Crippen molar-refractivity contribution >= 4 is 11.8 Å². The van der Waals surface area contributed by atoms with Crippen molar-refractivity contribution in [2.45, 2.75) is 58.5 Å². The van der Waals surface area contributed by atoms with Crippen molar-refractivity contribution in [3.05, 3.63) is 41.2 Å². The van der Waals surface area contributed by atoms with Crippen LogP contribution in [-0.2, 0) is 29.1 Å². The molecule has 1 saturated heterocycles. The van der Waals surface area contributed by atoms with Gasteiger partial charge in [-0.1, -0.05) is 0 Å². The van der Waals surface area contributed by atoms with Crippen LogP contribution < -0.4 is 0 Å². The largest absolute Gasteiger partial charge is 0.342 e. The predicted octanol–water partition coefficient (Wildman–Crippen LogP) is 1.68. The van der Waals surface area contributed by atoms with E-state index in [1.807, 2.05) is 40.0 Å². The predicted molar refractivity (Wildman–Crippen MR) is 107 cm³/mol.